The molecule has 0 amide bonds. The minimum atomic E-state index is 0.470. The van der Waals surface area contributed by atoms with Gasteiger partial charge in [0.05, 0.1) is 0 Å². The van der Waals surface area contributed by atoms with E-state index in [2.05, 4.69) is 50.3 Å². The highest BCUT2D eigenvalue weighted by molar-refractivity contribution is 9.09. The van der Waals surface area contributed by atoms with Gasteiger partial charge in [-0.1, -0.05) is 22.0 Å². The number of hydrogen-bond acceptors (Lipinski definition) is 2. The third-order valence-electron chi connectivity index (χ3n) is 1.87. The van der Waals surface area contributed by atoms with Crippen LogP contribution < -0.4 is 0 Å². The summed E-state index contributed by atoms with van der Waals surface area (Å²) in [5.41, 5.74) is 1.39. The van der Waals surface area contributed by atoms with Crippen LogP contribution in [0.2, 0.25) is 0 Å². The van der Waals surface area contributed by atoms with Gasteiger partial charge in [-0.25, -0.2) is 0 Å². The summed E-state index contributed by atoms with van der Waals surface area (Å²) < 4.78 is 0. The molecular formula is C10H9BrS2. The highest BCUT2D eigenvalue weighted by Gasteiger charge is 2.08. The van der Waals surface area contributed by atoms with Gasteiger partial charge in [0.2, 0.25) is 0 Å². The van der Waals surface area contributed by atoms with Crippen LogP contribution in [0.1, 0.15) is 15.3 Å². The molecule has 2 rings (SSSR count). The number of thiophene rings is 2. The van der Waals surface area contributed by atoms with E-state index in [0.717, 1.165) is 6.42 Å². The predicted octanol–water partition coefficient (Wildman–Crippen LogP) is 4.49. The van der Waals surface area contributed by atoms with E-state index in [1.807, 2.05) is 11.3 Å². The highest BCUT2D eigenvalue weighted by Crippen LogP contribution is 2.29. The molecule has 0 bridgehead atoms. The first-order valence-corrected chi connectivity index (χ1v) is 6.78. The molecule has 2 heterocycles. The zero-order chi connectivity index (χ0) is 9.10. The minimum absolute atomic E-state index is 0.470. The summed E-state index contributed by atoms with van der Waals surface area (Å²) >= 11 is 7.28. The topological polar surface area (TPSA) is 0 Å². The van der Waals surface area contributed by atoms with Gasteiger partial charge in [-0.05, 0) is 40.3 Å². The van der Waals surface area contributed by atoms with Crippen LogP contribution >= 0.6 is 38.6 Å². The molecule has 1 atom stereocenters. The second-order valence-corrected chi connectivity index (χ2v) is 5.73. The molecule has 0 fully saturated rings. The van der Waals surface area contributed by atoms with E-state index in [0.29, 0.717) is 4.83 Å². The van der Waals surface area contributed by atoms with Gasteiger partial charge in [0.1, 0.15) is 0 Å². The Balaban J connectivity index is 2.04. The maximum Gasteiger partial charge on any atom is 0.0451 e. The van der Waals surface area contributed by atoms with Gasteiger partial charge in [0.25, 0.3) is 0 Å². The van der Waals surface area contributed by atoms with Gasteiger partial charge in [-0.15, -0.1) is 11.3 Å². The Bertz CT molecular complexity index is 337. The second kappa shape index (κ2) is 4.40. The summed E-state index contributed by atoms with van der Waals surface area (Å²) in [5.74, 6) is 0. The van der Waals surface area contributed by atoms with E-state index in [1.165, 1.54) is 10.4 Å². The van der Waals surface area contributed by atoms with Crippen LogP contribution in [0.3, 0.4) is 0 Å². The van der Waals surface area contributed by atoms with Crippen LogP contribution in [0.4, 0.5) is 0 Å². The lowest BCUT2D eigenvalue weighted by Gasteiger charge is -2.04. The number of hydrogen-bond donors (Lipinski definition) is 0. The van der Waals surface area contributed by atoms with Gasteiger partial charge in [0, 0.05) is 9.70 Å². The third kappa shape index (κ3) is 2.42. The lowest BCUT2D eigenvalue weighted by atomic mass is 10.2. The molecule has 13 heavy (non-hydrogen) atoms. The summed E-state index contributed by atoms with van der Waals surface area (Å²) in [4.78, 5) is 1.91. The van der Waals surface area contributed by atoms with Crippen molar-refractivity contribution in [3.8, 4) is 0 Å². The van der Waals surface area contributed by atoms with E-state index in [-0.39, 0.29) is 0 Å². The lowest BCUT2D eigenvalue weighted by molar-refractivity contribution is 0.975. The number of halogens is 1. The molecule has 68 valence electrons. The van der Waals surface area contributed by atoms with E-state index < -0.39 is 0 Å². The van der Waals surface area contributed by atoms with Crippen molar-refractivity contribution in [3.05, 3.63) is 44.8 Å². The van der Waals surface area contributed by atoms with Crippen molar-refractivity contribution in [2.24, 2.45) is 0 Å². The van der Waals surface area contributed by atoms with E-state index >= 15 is 0 Å². The van der Waals surface area contributed by atoms with Crippen molar-refractivity contribution in [2.45, 2.75) is 11.2 Å². The fourth-order valence-corrected chi connectivity index (χ4v) is 3.67. The Labute approximate surface area is 94.4 Å². The summed E-state index contributed by atoms with van der Waals surface area (Å²) in [6.07, 6.45) is 1.09. The molecule has 0 aliphatic rings. The standard InChI is InChI=1S/C10H9BrS2/c11-10(8-3-5-12-7-8)6-9-2-1-4-13-9/h1-5,7,10H,6H2. The van der Waals surface area contributed by atoms with Gasteiger partial charge < -0.3 is 0 Å². The normalized spacial score (nSPS) is 13.0. The summed E-state index contributed by atoms with van der Waals surface area (Å²) in [7, 11) is 0. The molecule has 0 nitrogen and oxygen atoms in total. The first-order valence-electron chi connectivity index (χ1n) is 4.05. The maximum atomic E-state index is 3.70. The lowest BCUT2D eigenvalue weighted by Crippen LogP contribution is -1.90. The minimum Gasteiger partial charge on any atom is -0.152 e. The van der Waals surface area contributed by atoms with Crippen LogP contribution in [0, 0.1) is 0 Å². The Morgan fingerprint density at radius 2 is 2.23 bits per heavy atom. The molecule has 3 heteroatoms. The third-order valence-corrected chi connectivity index (χ3v) is 4.32. The fourth-order valence-electron chi connectivity index (χ4n) is 1.18. The van der Waals surface area contributed by atoms with E-state index in [9.17, 15) is 0 Å². The molecule has 0 saturated carbocycles. The van der Waals surface area contributed by atoms with Gasteiger partial charge in [0.15, 0.2) is 0 Å². The molecule has 2 aromatic rings. The Morgan fingerprint density at radius 3 is 2.85 bits per heavy atom. The van der Waals surface area contributed by atoms with Crippen molar-refractivity contribution in [2.75, 3.05) is 0 Å². The van der Waals surface area contributed by atoms with Crippen LogP contribution in [0.25, 0.3) is 0 Å². The SMILES string of the molecule is BrC(Cc1cccs1)c1ccsc1. The zero-order valence-electron chi connectivity index (χ0n) is 6.94. The molecule has 0 aliphatic heterocycles. The average molecular weight is 273 g/mol. The molecule has 1 unspecified atom stereocenters. The average Bonchev–Trinajstić information content (AvgIpc) is 2.74. The zero-order valence-corrected chi connectivity index (χ0v) is 10.2. The first kappa shape index (κ1) is 9.44. The van der Waals surface area contributed by atoms with Crippen molar-refractivity contribution < 1.29 is 0 Å². The molecule has 0 N–H and O–H groups in total. The smallest absolute Gasteiger partial charge is 0.0451 e. The predicted molar refractivity (Wildman–Crippen MR) is 64.0 cm³/mol. The second-order valence-electron chi connectivity index (χ2n) is 2.81. The van der Waals surface area contributed by atoms with Crippen molar-refractivity contribution >= 4 is 38.6 Å². The largest absolute Gasteiger partial charge is 0.152 e. The first-order chi connectivity index (χ1) is 6.36. The van der Waals surface area contributed by atoms with Gasteiger partial charge >= 0.3 is 0 Å². The quantitative estimate of drug-likeness (QED) is 0.723. The summed E-state index contributed by atoms with van der Waals surface area (Å²) in [6.45, 7) is 0. The Hall–Kier alpha value is -0.120. The number of alkyl halides is 1. The molecule has 2 aromatic heterocycles. The van der Waals surface area contributed by atoms with Crippen LogP contribution in [-0.2, 0) is 6.42 Å². The van der Waals surface area contributed by atoms with Crippen LogP contribution in [0.5, 0.6) is 0 Å². The van der Waals surface area contributed by atoms with Crippen molar-refractivity contribution in [3.63, 3.8) is 0 Å². The maximum absolute atomic E-state index is 3.70. The highest BCUT2D eigenvalue weighted by atomic mass is 79.9. The summed E-state index contributed by atoms with van der Waals surface area (Å²) in [5, 5.41) is 6.45. The Morgan fingerprint density at radius 1 is 1.31 bits per heavy atom. The van der Waals surface area contributed by atoms with E-state index in [4.69, 9.17) is 0 Å². The molecule has 0 aliphatic carbocycles. The molecule has 0 saturated heterocycles. The molecule has 0 radical (unpaired) electrons. The molecular weight excluding hydrogens is 264 g/mol. The monoisotopic (exact) mass is 272 g/mol. The molecule has 0 aromatic carbocycles. The van der Waals surface area contributed by atoms with Crippen LogP contribution in [-0.4, -0.2) is 0 Å². The molecule has 0 spiro atoms. The van der Waals surface area contributed by atoms with Gasteiger partial charge in [-0.3, -0.25) is 0 Å². The summed E-state index contributed by atoms with van der Waals surface area (Å²) in [6, 6.07) is 6.47. The Kier molecular flexibility index (Phi) is 3.19. The number of rotatable bonds is 3. The van der Waals surface area contributed by atoms with Crippen LogP contribution in [0.15, 0.2) is 34.3 Å². The van der Waals surface area contributed by atoms with Crippen molar-refractivity contribution in [1.82, 2.24) is 0 Å². The van der Waals surface area contributed by atoms with E-state index in [1.54, 1.807) is 11.3 Å². The van der Waals surface area contributed by atoms with Crippen molar-refractivity contribution in [1.29, 1.82) is 0 Å². The fraction of sp³-hybridized carbons (Fsp3) is 0.200. The van der Waals surface area contributed by atoms with Gasteiger partial charge in [-0.2, -0.15) is 11.3 Å².